The number of nitrogens with zero attached hydrogens (tertiary/aromatic N) is 1. The third kappa shape index (κ3) is 5.78. The summed E-state index contributed by atoms with van der Waals surface area (Å²) in [7, 11) is -3.83. The molecule has 9 heteroatoms. The highest BCUT2D eigenvalue weighted by Crippen LogP contribution is 2.20. The fourth-order valence-corrected chi connectivity index (χ4v) is 3.32. The minimum Gasteiger partial charge on any atom is -0.352 e. The molecule has 150 valence electrons. The molecule has 0 aliphatic carbocycles. The molecule has 2 N–H and O–H groups in total. The number of nitrogens with one attached hydrogen (secondary N) is 2. The van der Waals surface area contributed by atoms with Gasteiger partial charge in [0.2, 0.25) is 15.9 Å². The van der Waals surface area contributed by atoms with Gasteiger partial charge in [-0.2, -0.15) is 0 Å². The number of anilines is 2. The van der Waals surface area contributed by atoms with Crippen molar-refractivity contribution in [3.63, 3.8) is 0 Å². The Morgan fingerprint density at radius 3 is 2.46 bits per heavy atom. The Bertz CT molecular complexity index is 963. The molecule has 0 atom stereocenters. The molecule has 0 bridgehead atoms. The van der Waals surface area contributed by atoms with E-state index in [1.54, 1.807) is 24.3 Å². The van der Waals surface area contributed by atoms with Crippen molar-refractivity contribution in [1.82, 2.24) is 5.32 Å². The summed E-state index contributed by atoms with van der Waals surface area (Å²) in [5.41, 5.74) is 0.557. The number of rotatable bonds is 8. The summed E-state index contributed by atoms with van der Waals surface area (Å²) in [5.74, 6) is -1.63. The number of para-hydroxylation sites is 1. The molecule has 0 radical (unpaired) electrons. The molecular formula is C19H22FN3O4S. The monoisotopic (exact) mass is 407 g/mol. The van der Waals surface area contributed by atoms with Crippen molar-refractivity contribution in [2.24, 2.45) is 0 Å². The SMILES string of the molecule is CCCNC(=O)c1ccccc1NC(=O)CN(c1cccc(F)c1)S(C)(=O)=O. The number of hydrogen-bond acceptors (Lipinski definition) is 4. The molecule has 0 aliphatic heterocycles. The first kappa shape index (κ1) is 21.4. The van der Waals surface area contributed by atoms with E-state index in [9.17, 15) is 22.4 Å². The van der Waals surface area contributed by atoms with Gasteiger partial charge < -0.3 is 10.6 Å². The summed E-state index contributed by atoms with van der Waals surface area (Å²) < 4.78 is 38.4. The molecule has 0 aliphatic rings. The number of carbonyl (C=O) groups excluding carboxylic acids is 2. The molecule has 0 spiro atoms. The zero-order valence-corrected chi connectivity index (χ0v) is 16.4. The number of carbonyl (C=O) groups is 2. The minimum absolute atomic E-state index is 0.0339. The average Bonchev–Trinajstić information content (AvgIpc) is 2.63. The molecule has 28 heavy (non-hydrogen) atoms. The Hall–Kier alpha value is -2.94. The lowest BCUT2D eigenvalue weighted by Crippen LogP contribution is -2.37. The van der Waals surface area contributed by atoms with Gasteiger partial charge in [0.25, 0.3) is 5.91 Å². The highest BCUT2D eigenvalue weighted by molar-refractivity contribution is 7.92. The maximum absolute atomic E-state index is 13.5. The summed E-state index contributed by atoms with van der Waals surface area (Å²) in [6.45, 7) is 1.84. The van der Waals surface area contributed by atoms with Crippen LogP contribution < -0.4 is 14.9 Å². The molecule has 2 amide bonds. The van der Waals surface area contributed by atoms with Gasteiger partial charge in [0, 0.05) is 6.54 Å². The topological polar surface area (TPSA) is 95.6 Å². The number of amides is 2. The predicted octanol–water partition coefficient (Wildman–Crippen LogP) is 2.37. The van der Waals surface area contributed by atoms with Crippen LogP contribution in [0.2, 0.25) is 0 Å². The Kier molecular flexibility index (Phi) is 7.11. The van der Waals surface area contributed by atoms with Crippen LogP contribution in [0.5, 0.6) is 0 Å². The maximum Gasteiger partial charge on any atom is 0.253 e. The van der Waals surface area contributed by atoms with Crippen LogP contribution in [0.1, 0.15) is 23.7 Å². The van der Waals surface area contributed by atoms with Crippen LogP contribution in [-0.2, 0) is 14.8 Å². The van der Waals surface area contributed by atoms with Crippen molar-refractivity contribution in [2.75, 3.05) is 29.0 Å². The highest BCUT2D eigenvalue weighted by atomic mass is 32.2. The summed E-state index contributed by atoms with van der Waals surface area (Å²) in [6.07, 6.45) is 1.69. The van der Waals surface area contributed by atoms with Crippen LogP contribution in [0.4, 0.5) is 15.8 Å². The van der Waals surface area contributed by atoms with Gasteiger partial charge in [0.05, 0.1) is 23.2 Å². The minimum atomic E-state index is -3.83. The number of halogens is 1. The van der Waals surface area contributed by atoms with Crippen LogP contribution in [0, 0.1) is 5.82 Å². The zero-order valence-electron chi connectivity index (χ0n) is 15.6. The first-order valence-corrected chi connectivity index (χ1v) is 10.5. The lowest BCUT2D eigenvalue weighted by Gasteiger charge is -2.22. The van der Waals surface area contributed by atoms with E-state index in [1.165, 1.54) is 18.2 Å². The smallest absolute Gasteiger partial charge is 0.253 e. The van der Waals surface area contributed by atoms with E-state index < -0.39 is 28.3 Å². The third-order valence-corrected chi connectivity index (χ3v) is 4.91. The number of sulfonamides is 1. The quantitative estimate of drug-likeness (QED) is 0.702. The van der Waals surface area contributed by atoms with Gasteiger partial charge in [0.15, 0.2) is 0 Å². The highest BCUT2D eigenvalue weighted by Gasteiger charge is 2.22. The van der Waals surface area contributed by atoms with Crippen molar-refractivity contribution in [3.05, 3.63) is 59.9 Å². The molecule has 0 saturated carbocycles. The fourth-order valence-electron chi connectivity index (χ4n) is 2.48. The molecule has 2 aromatic rings. The van der Waals surface area contributed by atoms with E-state index in [4.69, 9.17) is 0 Å². The van der Waals surface area contributed by atoms with Gasteiger partial charge in [-0.1, -0.05) is 25.1 Å². The van der Waals surface area contributed by atoms with Crippen LogP contribution in [0.15, 0.2) is 48.5 Å². The van der Waals surface area contributed by atoms with Crippen molar-refractivity contribution in [2.45, 2.75) is 13.3 Å². The Balaban J connectivity index is 2.21. The van der Waals surface area contributed by atoms with Gasteiger partial charge in [-0.25, -0.2) is 12.8 Å². The van der Waals surface area contributed by atoms with Gasteiger partial charge >= 0.3 is 0 Å². The first-order chi connectivity index (χ1) is 13.2. The molecule has 0 aromatic heterocycles. The second-order valence-electron chi connectivity index (χ2n) is 6.10. The second kappa shape index (κ2) is 9.32. The van der Waals surface area contributed by atoms with E-state index >= 15 is 0 Å². The van der Waals surface area contributed by atoms with Crippen molar-refractivity contribution in [3.8, 4) is 0 Å². The molecule has 0 saturated heterocycles. The van der Waals surface area contributed by atoms with Crippen LogP contribution >= 0.6 is 0 Å². The second-order valence-corrected chi connectivity index (χ2v) is 8.01. The van der Waals surface area contributed by atoms with Gasteiger partial charge in [-0.3, -0.25) is 13.9 Å². The van der Waals surface area contributed by atoms with Crippen molar-refractivity contribution >= 4 is 33.2 Å². The maximum atomic E-state index is 13.5. The summed E-state index contributed by atoms with van der Waals surface area (Å²) in [4.78, 5) is 24.7. The van der Waals surface area contributed by atoms with Gasteiger partial charge in [-0.15, -0.1) is 0 Å². The Morgan fingerprint density at radius 2 is 1.82 bits per heavy atom. The molecule has 7 nitrogen and oxygen atoms in total. The number of hydrogen-bond donors (Lipinski definition) is 2. The summed E-state index contributed by atoms with van der Waals surface area (Å²) in [6, 6.07) is 11.4. The third-order valence-electron chi connectivity index (χ3n) is 3.77. The van der Waals surface area contributed by atoms with E-state index in [0.717, 1.165) is 23.0 Å². The molecule has 0 fully saturated rings. The molecule has 2 aromatic carbocycles. The lowest BCUT2D eigenvalue weighted by molar-refractivity contribution is -0.114. The molecular weight excluding hydrogens is 385 g/mol. The predicted molar refractivity (Wildman–Crippen MR) is 106 cm³/mol. The van der Waals surface area contributed by atoms with Crippen LogP contribution in [0.25, 0.3) is 0 Å². The van der Waals surface area contributed by atoms with Crippen molar-refractivity contribution in [1.29, 1.82) is 0 Å². The zero-order chi connectivity index (χ0) is 20.7. The number of benzene rings is 2. The standard InChI is InChI=1S/C19H22FN3O4S/c1-3-11-21-19(25)16-9-4-5-10-17(16)22-18(24)13-23(28(2,26)27)15-8-6-7-14(20)12-15/h4-10,12H,3,11,13H2,1-2H3,(H,21,25)(H,22,24). The summed E-state index contributed by atoms with van der Waals surface area (Å²) in [5, 5.41) is 5.28. The van der Waals surface area contributed by atoms with Crippen LogP contribution in [0.3, 0.4) is 0 Å². The van der Waals surface area contributed by atoms with E-state index in [2.05, 4.69) is 10.6 Å². The first-order valence-electron chi connectivity index (χ1n) is 8.62. The van der Waals surface area contributed by atoms with Crippen LogP contribution in [-0.4, -0.2) is 39.6 Å². The van der Waals surface area contributed by atoms with Gasteiger partial charge in [-0.05, 0) is 36.8 Å². The largest absolute Gasteiger partial charge is 0.352 e. The van der Waals surface area contributed by atoms with E-state index in [0.29, 0.717) is 6.54 Å². The normalized spacial score (nSPS) is 11.0. The fraction of sp³-hybridized carbons (Fsp3) is 0.263. The Morgan fingerprint density at radius 1 is 1.11 bits per heavy atom. The average molecular weight is 407 g/mol. The van der Waals surface area contributed by atoms with Crippen molar-refractivity contribution < 1.29 is 22.4 Å². The lowest BCUT2D eigenvalue weighted by atomic mass is 10.1. The Labute approximate surface area is 163 Å². The van der Waals surface area contributed by atoms with Gasteiger partial charge in [0.1, 0.15) is 12.4 Å². The van der Waals surface area contributed by atoms with E-state index in [-0.39, 0.29) is 22.8 Å². The molecule has 2 rings (SSSR count). The molecule has 0 heterocycles. The summed E-state index contributed by atoms with van der Waals surface area (Å²) >= 11 is 0. The molecule has 0 unspecified atom stereocenters. The van der Waals surface area contributed by atoms with E-state index in [1.807, 2.05) is 6.92 Å².